The summed E-state index contributed by atoms with van der Waals surface area (Å²) in [7, 11) is 3.37. The molecule has 1 amide bonds. The highest BCUT2D eigenvalue weighted by atomic mass is 16.5. The van der Waals surface area contributed by atoms with Crippen LogP contribution in [0.25, 0.3) is 11.1 Å². The van der Waals surface area contributed by atoms with Gasteiger partial charge >= 0.3 is 0 Å². The van der Waals surface area contributed by atoms with E-state index in [0.29, 0.717) is 13.0 Å². The van der Waals surface area contributed by atoms with Gasteiger partial charge in [-0.1, -0.05) is 60.7 Å². The van der Waals surface area contributed by atoms with Gasteiger partial charge in [-0.25, -0.2) is 0 Å². The molecule has 1 fully saturated rings. The molecule has 1 aliphatic rings. The monoisotopic (exact) mass is 430 g/mol. The number of amides is 1. The topological polar surface area (TPSA) is 64.8 Å². The van der Waals surface area contributed by atoms with Gasteiger partial charge in [-0.2, -0.15) is 0 Å². The maximum Gasteiger partial charge on any atom is 0.225 e. The molecule has 3 aromatic rings. The van der Waals surface area contributed by atoms with Crippen LogP contribution in [0.3, 0.4) is 0 Å². The van der Waals surface area contributed by atoms with Crippen molar-refractivity contribution in [2.45, 2.75) is 19.4 Å². The molecular formula is C27H30N2O3. The van der Waals surface area contributed by atoms with Crippen LogP contribution in [0.2, 0.25) is 0 Å². The average molecular weight is 431 g/mol. The Hall–Kier alpha value is -3.31. The van der Waals surface area contributed by atoms with E-state index >= 15 is 0 Å². The zero-order valence-electron chi connectivity index (χ0n) is 18.7. The predicted octanol–water partition coefficient (Wildman–Crippen LogP) is 4.29. The average Bonchev–Trinajstić information content (AvgIpc) is 3.23. The van der Waals surface area contributed by atoms with E-state index in [2.05, 4.69) is 35.2 Å². The first kappa shape index (κ1) is 21.9. The van der Waals surface area contributed by atoms with Gasteiger partial charge in [-0.15, -0.1) is 0 Å². The summed E-state index contributed by atoms with van der Waals surface area (Å²) < 4.78 is 11.0. The molecule has 3 aromatic carbocycles. The molecule has 5 heteroatoms. The van der Waals surface area contributed by atoms with E-state index in [1.165, 1.54) is 0 Å². The summed E-state index contributed by atoms with van der Waals surface area (Å²) in [6.45, 7) is 2.22. The highest BCUT2D eigenvalue weighted by Gasteiger charge is 2.43. The van der Waals surface area contributed by atoms with Crippen molar-refractivity contribution in [2.24, 2.45) is 11.1 Å². The van der Waals surface area contributed by atoms with E-state index in [-0.39, 0.29) is 5.91 Å². The van der Waals surface area contributed by atoms with Gasteiger partial charge in [-0.05, 0) is 42.6 Å². The largest absolute Gasteiger partial charge is 0.496 e. The lowest BCUT2D eigenvalue weighted by Gasteiger charge is -2.26. The number of benzene rings is 3. The van der Waals surface area contributed by atoms with E-state index < -0.39 is 5.41 Å². The van der Waals surface area contributed by atoms with E-state index in [0.717, 1.165) is 53.3 Å². The summed E-state index contributed by atoms with van der Waals surface area (Å²) in [5, 5.41) is 0. The highest BCUT2D eigenvalue weighted by molar-refractivity contribution is 5.82. The van der Waals surface area contributed by atoms with Gasteiger partial charge in [-0.3, -0.25) is 9.69 Å². The molecule has 0 aromatic heterocycles. The molecule has 32 heavy (non-hydrogen) atoms. The predicted molar refractivity (Wildman–Crippen MR) is 127 cm³/mol. The van der Waals surface area contributed by atoms with Crippen LogP contribution in [0.15, 0.2) is 72.8 Å². The Bertz CT molecular complexity index is 1080. The Labute approximate surface area is 189 Å². The summed E-state index contributed by atoms with van der Waals surface area (Å²) in [5.41, 5.74) is 9.75. The summed E-state index contributed by atoms with van der Waals surface area (Å²) in [6.07, 6.45) is 1.39. The SMILES string of the molecule is COc1ccccc1CN1CC[C@@](Cc2ccc(-c3ccccc3OC)cc2)(C(N)=O)C1. The lowest BCUT2D eigenvalue weighted by atomic mass is 9.80. The normalized spacial score (nSPS) is 18.4. The fraction of sp³-hybridized carbons (Fsp3) is 0.296. The zero-order chi connectivity index (χ0) is 22.6. The highest BCUT2D eigenvalue weighted by Crippen LogP contribution is 2.36. The Kier molecular flexibility index (Phi) is 6.47. The van der Waals surface area contributed by atoms with Gasteiger partial charge in [0.2, 0.25) is 5.91 Å². The van der Waals surface area contributed by atoms with Gasteiger partial charge in [0, 0.05) is 24.2 Å². The third-order valence-electron chi connectivity index (χ3n) is 6.46. The van der Waals surface area contributed by atoms with E-state index in [4.69, 9.17) is 15.2 Å². The quantitative estimate of drug-likeness (QED) is 0.579. The summed E-state index contributed by atoms with van der Waals surface area (Å²) in [5.74, 6) is 1.49. The fourth-order valence-corrected chi connectivity index (χ4v) is 4.68. The first-order valence-electron chi connectivity index (χ1n) is 10.9. The van der Waals surface area contributed by atoms with Crippen molar-refractivity contribution < 1.29 is 14.3 Å². The Morgan fingerprint density at radius 1 is 0.938 bits per heavy atom. The number of hydrogen-bond donors (Lipinski definition) is 1. The van der Waals surface area contributed by atoms with E-state index in [9.17, 15) is 4.79 Å². The lowest BCUT2D eigenvalue weighted by molar-refractivity contribution is -0.127. The molecule has 0 radical (unpaired) electrons. The number of nitrogens with zero attached hydrogens (tertiary/aromatic N) is 1. The van der Waals surface area contributed by atoms with Crippen LogP contribution in [0.5, 0.6) is 11.5 Å². The number of rotatable bonds is 8. The second kappa shape index (κ2) is 9.45. The number of carbonyl (C=O) groups is 1. The third kappa shape index (κ3) is 4.48. The molecule has 5 nitrogen and oxygen atoms in total. The fourth-order valence-electron chi connectivity index (χ4n) is 4.68. The molecule has 0 bridgehead atoms. The van der Waals surface area contributed by atoms with Gasteiger partial charge < -0.3 is 15.2 Å². The number of ether oxygens (including phenoxy) is 2. The van der Waals surface area contributed by atoms with Gasteiger partial charge in [0.05, 0.1) is 19.6 Å². The lowest BCUT2D eigenvalue weighted by Crippen LogP contribution is -2.41. The van der Waals surface area contributed by atoms with Crippen molar-refractivity contribution in [1.29, 1.82) is 0 Å². The Morgan fingerprint density at radius 2 is 1.59 bits per heavy atom. The first-order valence-corrected chi connectivity index (χ1v) is 10.9. The first-order chi connectivity index (χ1) is 15.5. The number of likely N-dealkylation sites (tertiary alicyclic amines) is 1. The number of primary amides is 1. The van der Waals surface area contributed by atoms with E-state index in [1.807, 2.05) is 42.5 Å². The minimum absolute atomic E-state index is 0.228. The number of para-hydroxylation sites is 2. The second-order valence-corrected chi connectivity index (χ2v) is 8.49. The number of nitrogens with two attached hydrogens (primary N) is 1. The van der Waals surface area contributed by atoms with Gasteiger partial charge in [0.15, 0.2) is 0 Å². The van der Waals surface area contributed by atoms with Crippen LogP contribution in [0.4, 0.5) is 0 Å². The molecule has 4 rings (SSSR count). The molecule has 0 aliphatic carbocycles. The third-order valence-corrected chi connectivity index (χ3v) is 6.46. The van der Waals surface area contributed by atoms with Crippen LogP contribution < -0.4 is 15.2 Å². The zero-order valence-corrected chi connectivity index (χ0v) is 18.7. The van der Waals surface area contributed by atoms with Crippen molar-refractivity contribution in [1.82, 2.24) is 4.90 Å². The molecular weight excluding hydrogens is 400 g/mol. The summed E-state index contributed by atoms with van der Waals surface area (Å²) in [6, 6.07) is 24.3. The number of carbonyl (C=O) groups excluding carboxylic acids is 1. The van der Waals surface area contributed by atoms with Crippen molar-refractivity contribution in [2.75, 3.05) is 27.3 Å². The van der Waals surface area contributed by atoms with Crippen molar-refractivity contribution in [3.05, 3.63) is 83.9 Å². The van der Waals surface area contributed by atoms with Crippen LogP contribution in [0, 0.1) is 5.41 Å². The summed E-state index contributed by atoms with van der Waals surface area (Å²) in [4.78, 5) is 14.9. The van der Waals surface area contributed by atoms with Crippen molar-refractivity contribution in [3.63, 3.8) is 0 Å². The molecule has 0 saturated carbocycles. The maximum atomic E-state index is 12.6. The summed E-state index contributed by atoms with van der Waals surface area (Å²) >= 11 is 0. The van der Waals surface area contributed by atoms with E-state index in [1.54, 1.807) is 14.2 Å². The number of hydrogen-bond acceptors (Lipinski definition) is 4. The molecule has 1 saturated heterocycles. The molecule has 166 valence electrons. The van der Waals surface area contributed by atoms with Crippen LogP contribution in [-0.4, -0.2) is 38.1 Å². The standard InChI is InChI=1S/C27H30N2O3/c1-31-24-9-5-3-7-22(24)18-29-16-15-27(19-29,26(28)30)17-20-11-13-21(14-12-20)23-8-4-6-10-25(23)32-2/h3-14H,15-19H2,1-2H3,(H2,28,30)/t27-/m0/s1. The minimum Gasteiger partial charge on any atom is -0.496 e. The smallest absolute Gasteiger partial charge is 0.225 e. The maximum absolute atomic E-state index is 12.6. The van der Waals surface area contributed by atoms with Crippen LogP contribution in [0.1, 0.15) is 17.5 Å². The molecule has 1 atom stereocenters. The van der Waals surface area contributed by atoms with Crippen LogP contribution >= 0.6 is 0 Å². The Morgan fingerprint density at radius 3 is 2.28 bits per heavy atom. The van der Waals surface area contributed by atoms with Crippen molar-refractivity contribution in [3.8, 4) is 22.6 Å². The molecule has 1 heterocycles. The van der Waals surface area contributed by atoms with Crippen molar-refractivity contribution >= 4 is 5.91 Å². The molecule has 1 aliphatic heterocycles. The molecule has 0 spiro atoms. The number of methoxy groups -OCH3 is 2. The Balaban J connectivity index is 1.50. The minimum atomic E-state index is -0.562. The van der Waals surface area contributed by atoms with Gasteiger partial charge in [0.25, 0.3) is 0 Å². The second-order valence-electron chi connectivity index (χ2n) is 8.49. The molecule has 0 unspecified atom stereocenters. The van der Waals surface area contributed by atoms with Crippen LogP contribution in [-0.2, 0) is 17.8 Å². The van der Waals surface area contributed by atoms with Gasteiger partial charge in [0.1, 0.15) is 11.5 Å². The molecule has 2 N–H and O–H groups in total.